The zero-order valence-electron chi connectivity index (χ0n) is 13.6. The third-order valence-corrected chi connectivity index (χ3v) is 3.74. The number of carbonyl (C=O) groups is 1. The molecule has 128 valence electrons. The summed E-state index contributed by atoms with van der Waals surface area (Å²) in [5, 5.41) is 6.41. The molecule has 0 radical (unpaired) electrons. The van der Waals surface area contributed by atoms with Crippen LogP contribution in [0.3, 0.4) is 0 Å². The van der Waals surface area contributed by atoms with Gasteiger partial charge < -0.3 is 9.84 Å². The third-order valence-electron chi connectivity index (χ3n) is 3.74. The van der Waals surface area contributed by atoms with Crippen molar-refractivity contribution in [1.29, 1.82) is 0 Å². The number of benzene rings is 1. The number of rotatable bonds is 4. The zero-order chi connectivity index (χ0) is 18.0. The van der Waals surface area contributed by atoms with Crippen LogP contribution in [0, 0.1) is 25.5 Å². The second kappa shape index (κ2) is 6.80. The van der Waals surface area contributed by atoms with Gasteiger partial charge in [0.15, 0.2) is 11.6 Å². The van der Waals surface area contributed by atoms with E-state index in [0.29, 0.717) is 17.1 Å². The van der Waals surface area contributed by atoms with E-state index in [0.717, 1.165) is 11.6 Å². The lowest BCUT2D eigenvalue weighted by Gasteiger charge is -2.07. The molecule has 5 nitrogen and oxygen atoms in total. The molecule has 0 fully saturated rings. The van der Waals surface area contributed by atoms with Crippen molar-refractivity contribution in [3.8, 4) is 11.3 Å². The van der Waals surface area contributed by atoms with Gasteiger partial charge in [-0.1, -0.05) is 23.4 Å². The van der Waals surface area contributed by atoms with Crippen LogP contribution in [-0.2, 0) is 6.54 Å². The van der Waals surface area contributed by atoms with Crippen molar-refractivity contribution < 1.29 is 18.1 Å². The van der Waals surface area contributed by atoms with Gasteiger partial charge in [-0.15, -0.1) is 0 Å². The van der Waals surface area contributed by atoms with E-state index in [9.17, 15) is 13.6 Å². The Bertz CT molecular complexity index is 918. The van der Waals surface area contributed by atoms with Gasteiger partial charge >= 0.3 is 0 Å². The van der Waals surface area contributed by atoms with Crippen LogP contribution in [0.4, 0.5) is 8.78 Å². The Kier molecular flexibility index (Phi) is 4.56. The number of halogens is 2. The van der Waals surface area contributed by atoms with Gasteiger partial charge in [-0.25, -0.2) is 13.8 Å². The summed E-state index contributed by atoms with van der Waals surface area (Å²) in [6.07, 6.45) is 0. The number of nitrogens with one attached hydrogen (secondary N) is 1. The van der Waals surface area contributed by atoms with Crippen molar-refractivity contribution >= 4 is 5.91 Å². The fraction of sp³-hybridized carbons (Fsp3) is 0.167. The molecule has 2 heterocycles. The maximum absolute atomic E-state index is 13.6. The molecule has 0 saturated carbocycles. The average molecular weight is 343 g/mol. The minimum Gasteiger partial charge on any atom is -0.361 e. The molecule has 0 saturated heterocycles. The summed E-state index contributed by atoms with van der Waals surface area (Å²) >= 11 is 0. The molecule has 1 aromatic carbocycles. The highest BCUT2D eigenvalue weighted by atomic mass is 19.2. The first-order valence-corrected chi connectivity index (χ1v) is 7.58. The summed E-state index contributed by atoms with van der Waals surface area (Å²) in [5.74, 6) is -1.81. The molecule has 7 heteroatoms. The molecule has 0 atom stereocenters. The zero-order valence-corrected chi connectivity index (χ0v) is 13.6. The number of amides is 1. The summed E-state index contributed by atoms with van der Waals surface area (Å²) in [7, 11) is 0. The van der Waals surface area contributed by atoms with E-state index in [2.05, 4.69) is 15.5 Å². The fourth-order valence-corrected chi connectivity index (χ4v) is 2.50. The second-order valence-electron chi connectivity index (χ2n) is 5.50. The van der Waals surface area contributed by atoms with Crippen molar-refractivity contribution in [2.24, 2.45) is 0 Å². The standard InChI is InChI=1S/C18H15F2N3O2/c1-10-16(11(2)25-23-10)14-7-4-8-15(22-14)18(24)21-9-12-5-3-6-13(19)17(12)20/h3-8H,9H2,1-2H3,(H,21,24). The Morgan fingerprint density at radius 3 is 2.64 bits per heavy atom. The summed E-state index contributed by atoms with van der Waals surface area (Å²) in [5.41, 5.74) is 2.18. The Morgan fingerprint density at radius 1 is 1.16 bits per heavy atom. The lowest BCUT2D eigenvalue weighted by Crippen LogP contribution is -2.24. The van der Waals surface area contributed by atoms with Crippen LogP contribution in [0.1, 0.15) is 27.5 Å². The molecule has 0 bridgehead atoms. The van der Waals surface area contributed by atoms with Gasteiger partial charge in [0, 0.05) is 12.1 Å². The molecular weight excluding hydrogens is 328 g/mol. The first-order chi connectivity index (χ1) is 12.0. The Labute approximate surface area is 142 Å². The molecule has 1 amide bonds. The van der Waals surface area contributed by atoms with E-state index in [1.54, 1.807) is 32.0 Å². The molecule has 0 unspecified atom stereocenters. The van der Waals surface area contributed by atoms with Crippen molar-refractivity contribution in [2.45, 2.75) is 20.4 Å². The predicted octanol–water partition coefficient (Wildman–Crippen LogP) is 3.56. The molecule has 0 aliphatic carbocycles. The molecule has 25 heavy (non-hydrogen) atoms. The first-order valence-electron chi connectivity index (χ1n) is 7.58. The quantitative estimate of drug-likeness (QED) is 0.786. The van der Waals surface area contributed by atoms with Crippen LogP contribution < -0.4 is 5.32 Å². The highest BCUT2D eigenvalue weighted by molar-refractivity contribution is 5.92. The van der Waals surface area contributed by atoms with Crippen LogP contribution in [-0.4, -0.2) is 16.0 Å². The van der Waals surface area contributed by atoms with Gasteiger partial charge in [-0.2, -0.15) is 0 Å². The third kappa shape index (κ3) is 3.40. The van der Waals surface area contributed by atoms with Crippen LogP contribution >= 0.6 is 0 Å². The molecule has 1 N–H and O–H groups in total. The van der Waals surface area contributed by atoms with Gasteiger partial charge in [0.1, 0.15) is 11.5 Å². The summed E-state index contributed by atoms with van der Waals surface area (Å²) < 4.78 is 31.9. The van der Waals surface area contributed by atoms with Crippen LogP contribution in [0.2, 0.25) is 0 Å². The van der Waals surface area contributed by atoms with Crippen molar-refractivity contribution in [3.05, 3.63) is 70.7 Å². The summed E-state index contributed by atoms with van der Waals surface area (Å²) in [6, 6.07) is 8.79. The van der Waals surface area contributed by atoms with Gasteiger partial charge in [0.25, 0.3) is 5.91 Å². The first kappa shape index (κ1) is 16.8. The van der Waals surface area contributed by atoms with Crippen LogP contribution in [0.5, 0.6) is 0 Å². The smallest absolute Gasteiger partial charge is 0.270 e. The molecule has 0 aliphatic rings. The highest BCUT2D eigenvalue weighted by Crippen LogP contribution is 2.25. The molecule has 2 aromatic heterocycles. The van der Waals surface area contributed by atoms with Gasteiger partial charge in [-0.05, 0) is 32.0 Å². The monoisotopic (exact) mass is 343 g/mol. The fourth-order valence-electron chi connectivity index (χ4n) is 2.50. The van der Waals surface area contributed by atoms with Gasteiger partial charge in [-0.3, -0.25) is 4.79 Å². The number of carbonyl (C=O) groups excluding carboxylic acids is 1. The normalized spacial score (nSPS) is 10.7. The highest BCUT2D eigenvalue weighted by Gasteiger charge is 2.16. The topological polar surface area (TPSA) is 68.0 Å². The predicted molar refractivity (Wildman–Crippen MR) is 86.7 cm³/mol. The average Bonchev–Trinajstić information content (AvgIpc) is 2.94. The van der Waals surface area contributed by atoms with Crippen molar-refractivity contribution in [1.82, 2.24) is 15.5 Å². The van der Waals surface area contributed by atoms with E-state index >= 15 is 0 Å². The lowest BCUT2D eigenvalue weighted by molar-refractivity contribution is 0.0945. The Morgan fingerprint density at radius 2 is 1.92 bits per heavy atom. The van der Waals surface area contributed by atoms with E-state index in [1.807, 2.05) is 0 Å². The van der Waals surface area contributed by atoms with E-state index in [1.165, 1.54) is 12.1 Å². The van der Waals surface area contributed by atoms with Crippen molar-refractivity contribution in [2.75, 3.05) is 0 Å². The Balaban J connectivity index is 1.79. The summed E-state index contributed by atoms with van der Waals surface area (Å²) in [6.45, 7) is 3.41. The SMILES string of the molecule is Cc1noc(C)c1-c1cccc(C(=O)NCc2cccc(F)c2F)n1. The van der Waals surface area contributed by atoms with Crippen LogP contribution in [0.15, 0.2) is 40.9 Å². The van der Waals surface area contributed by atoms with E-state index in [-0.39, 0.29) is 17.8 Å². The van der Waals surface area contributed by atoms with Crippen LogP contribution in [0.25, 0.3) is 11.3 Å². The minimum absolute atomic E-state index is 0.0650. The molecule has 0 aliphatic heterocycles. The van der Waals surface area contributed by atoms with Gasteiger partial charge in [0.05, 0.1) is 17.0 Å². The molecule has 0 spiro atoms. The molecule has 3 rings (SSSR count). The van der Waals surface area contributed by atoms with Gasteiger partial charge in [0.2, 0.25) is 0 Å². The number of aromatic nitrogens is 2. The number of pyridine rings is 1. The Hall–Kier alpha value is -3.09. The molecule has 3 aromatic rings. The second-order valence-corrected chi connectivity index (χ2v) is 5.50. The van der Waals surface area contributed by atoms with E-state index < -0.39 is 17.5 Å². The van der Waals surface area contributed by atoms with E-state index in [4.69, 9.17) is 4.52 Å². The summed E-state index contributed by atoms with van der Waals surface area (Å²) in [4.78, 5) is 16.6. The largest absolute Gasteiger partial charge is 0.361 e. The number of aryl methyl sites for hydroxylation is 2. The number of hydrogen-bond acceptors (Lipinski definition) is 4. The number of nitrogens with zero attached hydrogens (tertiary/aromatic N) is 2. The van der Waals surface area contributed by atoms with Crippen molar-refractivity contribution in [3.63, 3.8) is 0 Å². The maximum Gasteiger partial charge on any atom is 0.270 e. The molecular formula is C18H15F2N3O2. The number of hydrogen-bond donors (Lipinski definition) is 1. The lowest BCUT2D eigenvalue weighted by atomic mass is 10.1. The maximum atomic E-state index is 13.6. The minimum atomic E-state index is -0.972.